The lowest BCUT2D eigenvalue weighted by atomic mass is 9.93. The molecule has 0 fully saturated rings. The summed E-state index contributed by atoms with van der Waals surface area (Å²) in [4.78, 5) is 25.9. The van der Waals surface area contributed by atoms with Crippen molar-refractivity contribution in [1.82, 2.24) is 0 Å². The van der Waals surface area contributed by atoms with Crippen LogP contribution in [0.4, 0.5) is 5.00 Å². The third-order valence-electron chi connectivity index (χ3n) is 4.27. The fourth-order valence-corrected chi connectivity index (χ4v) is 4.56. The quantitative estimate of drug-likeness (QED) is 0.610. The van der Waals surface area contributed by atoms with E-state index in [2.05, 4.69) is 5.32 Å². The van der Waals surface area contributed by atoms with Gasteiger partial charge in [0, 0.05) is 16.3 Å². The molecule has 0 saturated heterocycles. The van der Waals surface area contributed by atoms with Gasteiger partial charge in [-0.05, 0) is 44.5 Å². The van der Waals surface area contributed by atoms with Gasteiger partial charge in [-0.15, -0.1) is 11.3 Å². The molecule has 156 valence electrons. The number of thiophene rings is 1. The van der Waals surface area contributed by atoms with E-state index in [1.165, 1.54) is 17.4 Å². The Labute approximate surface area is 183 Å². The van der Waals surface area contributed by atoms with Gasteiger partial charge in [0.25, 0.3) is 5.91 Å². The van der Waals surface area contributed by atoms with E-state index in [-0.39, 0.29) is 13.2 Å². The summed E-state index contributed by atoms with van der Waals surface area (Å²) < 4.78 is 16.5. The van der Waals surface area contributed by atoms with Crippen molar-refractivity contribution in [2.75, 3.05) is 18.5 Å². The minimum Gasteiger partial charge on any atom is -0.482 e. The van der Waals surface area contributed by atoms with E-state index in [1.807, 2.05) is 13.8 Å². The van der Waals surface area contributed by atoms with E-state index < -0.39 is 17.5 Å². The van der Waals surface area contributed by atoms with Gasteiger partial charge >= 0.3 is 5.97 Å². The molecule has 0 spiro atoms. The number of fused-ring (bicyclic) bond motifs is 1. The molecule has 1 aromatic carbocycles. The first kappa shape index (κ1) is 21.9. The number of hydrogen-bond donors (Lipinski definition) is 1. The third-order valence-corrected chi connectivity index (χ3v) is 5.92. The van der Waals surface area contributed by atoms with Gasteiger partial charge in [-0.2, -0.15) is 0 Å². The Kier molecular flexibility index (Phi) is 6.73. The normalized spacial score (nSPS) is 14.8. The van der Waals surface area contributed by atoms with Gasteiger partial charge in [0.1, 0.15) is 10.8 Å². The highest BCUT2D eigenvalue weighted by atomic mass is 35.5. The zero-order chi connectivity index (χ0) is 21.2. The topological polar surface area (TPSA) is 73.9 Å². The minimum absolute atomic E-state index is 0.245. The van der Waals surface area contributed by atoms with E-state index in [4.69, 9.17) is 37.4 Å². The van der Waals surface area contributed by atoms with Crippen molar-refractivity contribution in [3.8, 4) is 5.75 Å². The standard InChI is InChI=1S/C20H21Cl2NO5S/c1-4-26-19(25)17-12-8-20(2,3)28-9-15(12)29-18(17)23-16(24)10-27-14-6-5-11(21)7-13(14)22/h5-7H,4,8-10H2,1-3H3,(H,23,24). The smallest absolute Gasteiger partial charge is 0.341 e. The summed E-state index contributed by atoms with van der Waals surface area (Å²) in [6, 6.07) is 4.74. The van der Waals surface area contributed by atoms with Crippen molar-refractivity contribution in [3.63, 3.8) is 0 Å². The van der Waals surface area contributed by atoms with Crippen LogP contribution in [0.2, 0.25) is 10.0 Å². The van der Waals surface area contributed by atoms with Crippen molar-refractivity contribution in [2.24, 2.45) is 0 Å². The Morgan fingerprint density at radius 2 is 2.07 bits per heavy atom. The summed E-state index contributed by atoms with van der Waals surface area (Å²) in [5.74, 6) is -0.530. The van der Waals surface area contributed by atoms with Crippen molar-refractivity contribution < 1.29 is 23.8 Å². The maximum atomic E-state index is 12.6. The number of ether oxygens (including phenoxy) is 3. The van der Waals surface area contributed by atoms with Gasteiger partial charge in [-0.25, -0.2) is 4.79 Å². The van der Waals surface area contributed by atoms with Crippen LogP contribution in [-0.4, -0.2) is 30.7 Å². The van der Waals surface area contributed by atoms with Gasteiger partial charge in [0.2, 0.25) is 0 Å². The first-order chi connectivity index (χ1) is 13.7. The van der Waals surface area contributed by atoms with Crippen LogP contribution in [0.25, 0.3) is 0 Å². The summed E-state index contributed by atoms with van der Waals surface area (Å²) in [7, 11) is 0. The Morgan fingerprint density at radius 3 is 2.76 bits per heavy atom. The lowest BCUT2D eigenvalue weighted by Crippen LogP contribution is -2.32. The molecule has 0 atom stereocenters. The number of esters is 1. The average Bonchev–Trinajstić information content (AvgIpc) is 2.97. The maximum Gasteiger partial charge on any atom is 0.341 e. The second-order valence-corrected chi connectivity index (χ2v) is 9.01. The SMILES string of the molecule is CCOC(=O)c1c(NC(=O)COc2ccc(Cl)cc2Cl)sc2c1CC(C)(C)OC2. The molecule has 6 nitrogen and oxygen atoms in total. The summed E-state index contributed by atoms with van der Waals surface area (Å²) in [5.41, 5.74) is 0.855. The number of anilines is 1. The molecule has 1 aromatic heterocycles. The molecule has 0 aliphatic carbocycles. The van der Waals surface area contributed by atoms with Crippen LogP contribution >= 0.6 is 34.5 Å². The third kappa shape index (κ3) is 5.22. The van der Waals surface area contributed by atoms with Crippen LogP contribution in [0.3, 0.4) is 0 Å². The Balaban J connectivity index is 1.78. The number of carbonyl (C=O) groups excluding carboxylic acids is 2. The molecule has 0 radical (unpaired) electrons. The summed E-state index contributed by atoms with van der Waals surface area (Å²) >= 11 is 13.2. The highest BCUT2D eigenvalue weighted by molar-refractivity contribution is 7.17. The number of carbonyl (C=O) groups is 2. The first-order valence-electron chi connectivity index (χ1n) is 9.03. The lowest BCUT2D eigenvalue weighted by molar-refractivity contribution is -0.118. The van der Waals surface area contributed by atoms with Gasteiger partial charge in [0.15, 0.2) is 6.61 Å². The monoisotopic (exact) mass is 457 g/mol. The highest BCUT2D eigenvalue weighted by Crippen LogP contribution is 2.40. The zero-order valence-corrected chi connectivity index (χ0v) is 18.6. The molecule has 1 N–H and O–H groups in total. The largest absolute Gasteiger partial charge is 0.482 e. The minimum atomic E-state index is -0.459. The molecule has 1 amide bonds. The van der Waals surface area contributed by atoms with Crippen LogP contribution < -0.4 is 10.1 Å². The maximum absolute atomic E-state index is 12.6. The molecule has 2 heterocycles. The molecule has 29 heavy (non-hydrogen) atoms. The van der Waals surface area contributed by atoms with E-state index in [9.17, 15) is 9.59 Å². The van der Waals surface area contributed by atoms with Crippen LogP contribution in [0, 0.1) is 0 Å². The van der Waals surface area contributed by atoms with Crippen LogP contribution in [0.15, 0.2) is 18.2 Å². The Bertz CT molecular complexity index is 941. The molecule has 2 aromatic rings. The van der Waals surface area contributed by atoms with E-state index in [0.717, 1.165) is 10.4 Å². The molecular weight excluding hydrogens is 437 g/mol. The second kappa shape index (κ2) is 8.92. The average molecular weight is 458 g/mol. The fourth-order valence-electron chi connectivity index (χ4n) is 2.96. The lowest BCUT2D eigenvalue weighted by Gasteiger charge is -2.30. The van der Waals surface area contributed by atoms with Gasteiger partial charge in [-0.1, -0.05) is 23.2 Å². The first-order valence-corrected chi connectivity index (χ1v) is 10.6. The molecule has 1 aliphatic heterocycles. The number of halogens is 2. The van der Waals surface area contributed by atoms with Crippen LogP contribution in [0.5, 0.6) is 5.75 Å². The van der Waals surface area contributed by atoms with Crippen molar-refractivity contribution in [1.29, 1.82) is 0 Å². The van der Waals surface area contributed by atoms with Gasteiger partial charge in [-0.3, -0.25) is 4.79 Å². The van der Waals surface area contributed by atoms with Crippen LogP contribution in [0.1, 0.15) is 41.6 Å². The van der Waals surface area contributed by atoms with Crippen LogP contribution in [-0.2, 0) is 27.3 Å². The molecule has 1 aliphatic rings. The van der Waals surface area contributed by atoms with E-state index in [1.54, 1.807) is 19.1 Å². The van der Waals surface area contributed by atoms with Crippen molar-refractivity contribution in [2.45, 2.75) is 39.4 Å². The fraction of sp³-hybridized carbons (Fsp3) is 0.400. The Morgan fingerprint density at radius 1 is 1.31 bits per heavy atom. The van der Waals surface area contributed by atoms with Gasteiger partial charge in [0.05, 0.1) is 29.4 Å². The number of benzene rings is 1. The number of amides is 1. The molecule has 9 heteroatoms. The van der Waals surface area contributed by atoms with E-state index >= 15 is 0 Å². The molecule has 3 rings (SSSR count). The Hall–Kier alpha value is -1.80. The molecule has 0 bridgehead atoms. The number of hydrogen-bond acceptors (Lipinski definition) is 6. The molecule has 0 saturated carbocycles. The second-order valence-electron chi connectivity index (χ2n) is 7.07. The molecule has 0 unspecified atom stereocenters. The highest BCUT2D eigenvalue weighted by Gasteiger charge is 2.34. The van der Waals surface area contributed by atoms with E-state index in [0.29, 0.717) is 39.4 Å². The predicted molar refractivity (Wildman–Crippen MR) is 113 cm³/mol. The number of rotatable bonds is 6. The van der Waals surface area contributed by atoms with Crippen molar-refractivity contribution in [3.05, 3.63) is 44.2 Å². The summed E-state index contributed by atoms with van der Waals surface area (Å²) in [6.45, 7) is 6.02. The van der Waals surface area contributed by atoms with Gasteiger partial charge < -0.3 is 19.5 Å². The predicted octanol–water partition coefficient (Wildman–Crippen LogP) is 5.10. The summed E-state index contributed by atoms with van der Waals surface area (Å²) in [5, 5.41) is 3.98. The zero-order valence-electron chi connectivity index (χ0n) is 16.3. The number of nitrogens with one attached hydrogen (secondary N) is 1. The summed E-state index contributed by atoms with van der Waals surface area (Å²) in [6.07, 6.45) is 0.555. The van der Waals surface area contributed by atoms with Crippen molar-refractivity contribution >= 4 is 51.4 Å². The molecular formula is C20H21Cl2NO5S.